The molecule has 0 N–H and O–H groups in total. The first-order valence-corrected chi connectivity index (χ1v) is 6.79. The van der Waals surface area contributed by atoms with Crippen molar-refractivity contribution >= 4 is 17.6 Å². The van der Waals surface area contributed by atoms with Crippen LogP contribution in [0.4, 0.5) is 0 Å². The molecule has 0 amide bonds. The van der Waals surface area contributed by atoms with Crippen molar-refractivity contribution in [2.45, 2.75) is 13.5 Å². The summed E-state index contributed by atoms with van der Waals surface area (Å²) in [6.45, 7) is 8.84. The van der Waals surface area contributed by atoms with Crippen molar-refractivity contribution in [3.8, 4) is 5.88 Å². The molecular weight excluding hydrogens is 306 g/mol. The molecule has 0 fully saturated rings. The molecule has 0 spiro atoms. The summed E-state index contributed by atoms with van der Waals surface area (Å²) in [4.78, 5) is 26.8. The predicted octanol–water partition coefficient (Wildman–Crippen LogP) is 2.34. The van der Waals surface area contributed by atoms with Gasteiger partial charge in [0.05, 0.1) is 10.6 Å². The van der Waals surface area contributed by atoms with E-state index in [1.54, 1.807) is 18.2 Å². The van der Waals surface area contributed by atoms with E-state index in [1.165, 1.54) is 12.1 Å². The van der Waals surface area contributed by atoms with Gasteiger partial charge in [0.1, 0.15) is 6.54 Å². The van der Waals surface area contributed by atoms with Crippen molar-refractivity contribution < 1.29 is 9.53 Å². The van der Waals surface area contributed by atoms with E-state index in [9.17, 15) is 9.59 Å². The molecule has 0 saturated carbocycles. The van der Waals surface area contributed by atoms with Gasteiger partial charge in [-0.05, 0) is 24.6 Å². The van der Waals surface area contributed by atoms with Crippen LogP contribution in [-0.2, 0) is 6.54 Å². The molecule has 6 nitrogen and oxygen atoms in total. The third kappa shape index (κ3) is 3.71. The fourth-order valence-electron chi connectivity index (χ4n) is 1.73. The Hall–Kier alpha value is -2.65. The Morgan fingerprint density at radius 1 is 1.41 bits per heavy atom. The molecule has 0 aliphatic rings. The summed E-state index contributed by atoms with van der Waals surface area (Å²) in [5, 5.41) is 4.18. The van der Waals surface area contributed by atoms with Gasteiger partial charge in [-0.1, -0.05) is 17.7 Å². The van der Waals surface area contributed by atoms with Crippen LogP contribution in [0.15, 0.2) is 35.1 Å². The Labute approximate surface area is 131 Å². The summed E-state index contributed by atoms with van der Waals surface area (Å²) < 4.78 is 6.21. The van der Waals surface area contributed by atoms with Crippen LogP contribution in [0.3, 0.4) is 0 Å². The zero-order valence-corrected chi connectivity index (χ0v) is 12.5. The lowest BCUT2D eigenvalue weighted by Crippen LogP contribution is -2.24. The van der Waals surface area contributed by atoms with E-state index in [0.717, 1.165) is 10.2 Å². The van der Waals surface area contributed by atoms with Crippen LogP contribution in [0.25, 0.3) is 4.85 Å². The predicted molar refractivity (Wildman–Crippen MR) is 81.1 cm³/mol. The van der Waals surface area contributed by atoms with E-state index in [-0.39, 0.29) is 35.1 Å². The monoisotopic (exact) mass is 317 g/mol. The molecule has 1 aromatic heterocycles. The first-order valence-electron chi connectivity index (χ1n) is 6.41. The molecule has 0 aliphatic heterocycles. The van der Waals surface area contributed by atoms with Crippen molar-refractivity contribution in [2.75, 3.05) is 6.54 Å². The lowest BCUT2D eigenvalue weighted by molar-refractivity contribution is 0.0724. The van der Waals surface area contributed by atoms with Crippen LogP contribution >= 0.6 is 11.6 Å². The standard InChI is InChI=1S/C15H12ClN3O3/c1-10-3-4-11(12(16)9-10)15(21)22-13-5-6-14(20)19(18-13)8-7-17-2/h3-6,9H,7-8H2,1H3. The van der Waals surface area contributed by atoms with Crippen molar-refractivity contribution in [1.82, 2.24) is 9.78 Å². The minimum Gasteiger partial charge on any atom is -0.402 e. The highest BCUT2D eigenvalue weighted by atomic mass is 35.5. The van der Waals surface area contributed by atoms with E-state index < -0.39 is 5.97 Å². The number of hydrogen-bond donors (Lipinski definition) is 0. The van der Waals surface area contributed by atoms with Gasteiger partial charge >= 0.3 is 5.97 Å². The van der Waals surface area contributed by atoms with Crippen LogP contribution in [0.5, 0.6) is 5.88 Å². The van der Waals surface area contributed by atoms with Gasteiger partial charge in [0.25, 0.3) is 5.56 Å². The molecule has 2 rings (SSSR count). The number of nitrogens with zero attached hydrogens (tertiary/aromatic N) is 3. The largest absolute Gasteiger partial charge is 0.402 e. The molecule has 0 atom stereocenters. The Morgan fingerprint density at radius 2 is 2.18 bits per heavy atom. The van der Waals surface area contributed by atoms with Gasteiger partial charge in [0.15, 0.2) is 0 Å². The number of aromatic nitrogens is 2. The summed E-state index contributed by atoms with van der Waals surface area (Å²) in [5.41, 5.74) is 0.775. The number of halogens is 1. The summed E-state index contributed by atoms with van der Waals surface area (Å²) in [5.74, 6) is -0.681. The van der Waals surface area contributed by atoms with Gasteiger partial charge in [-0.2, -0.15) is 0 Å². The third-order valence-electron chi connectivity index (χ3n) is 2.81. The minimum absolute atomic E-state index is 0.0220. The van der Waals surface area contributed by atoms with Gasteiger partial charge in [-0.25, -0.2) is 16.0 Å². The van der Waals surface area contributed by atoms with E-state index in [2.05, 4.69) is 9.94 Å². The summed E-state index contributed by atoms with van der Waals surface area (Å²) in [6.07, 6.45) is 0. The average molecular weight is 318 g/mol. The molecule has 1 heterocycles. The molecule has 112 valence electrons. The Bertz CT molecular complexity index is 808. The Kier molecular flexibility index (Phi) is 4.92. The van der Waals surface area contributed by atoms with E-state index >= 15 is 0 Å². The van der Waals surface area contributed by atoms with Gasteiger partial charge < -0.3 is 9.58 Å². The average Bonchev–Trinajstić information content (AvgIpc) is 2.47. The van der Waals surface area contributed by atoms with E-state index in [1.807, 2.05) is 6.92 Å². The summed E-state index contributed by atoms with van der Waals surface area (Å²) in [6, 6.07) is 7.50. The van der Waals surface area contributed by atoms with Crippen LogP contribution in [0.1, 0.15) is 15.9 Å². The molecule has 7 heteroatoms. The van der Waals surface area contributed by atoms with Crippen LogP contribution in [0.2, 0.25) is 5.02 Å². The van der Waals surface area contributed by atoms with Crippen LogP contribution < -0.4 is 10.3 Å². The van der Waals surface area contributed by atoms with E-state index in [0.29, 0.717) is 0 Å². The van der Waals surface area contributed by atoms with Crippen LogP contribution in [-0.4, -0.2) is 22.3 Å². The SMILES string of the molecule is [C-]#[N+]CCn1nc(OC(=O)c2ccc(C)cc2Cl)ccc1=O. The smallest absolute Gasteiger partial charge is 0.346 e. The Balaban J connectivity index is 2.21. The van der Waals surface area contributed by atoms with Crippen molar-refractivity contribution in [2.24, 2.45) is 0 Å². The van der Waals surface area contributed by atoms with Gasteiger partial charge in [0, 0.05) is 12.1 Å². The van der Waals surface area contributed by atoms with Crippen molar-refractivity contribution in [3.05, 3.63) is 68.3 Å². The zero-order valence-electron chi connectivity index (χ0n) is 11.7. The summed E-state index contributed by atoms with van der Waals surface area (Å²) >= 11 is 6.01. The molecule has 0 bridgehead atoms. The third-order valence-corrected chi connectivity index (χ3v) is 3.12. The number of carbonyl (C=O) groups excluding carboxylic acids is 1. The molecule has 1 aromatic carbocycles. The maximum atomic E-state index is 12.1. The molecule has 0 radical (unpaired) electrons. The number of ether oxygens (including phenoxy) is 1. The summed E-state index contributed by atoms with van der Waals surface area (Å²) in [7, 11) is 0. The lowest BCUT2D eigenvalue weighted by atomic mass is 10.1. The quantitative estimate of drug-likeness (QED) is 0.641. The number of esters is 1. The number of hydrogen-bond acceptors (Lipinski definition) is 4. The second-order valence-electron chi connectivity index (χ2n) is 4.49. The Morgan fingerprint density at radius 3 is 2.86 bits per heavy atom. The van der Waals surface area contributed by atoms with Crippen LogP contribution in [0, 0.1) is 13.5 Å². The second kappa shape index (κ2) is 6.87. The number of aryl methyl sites for hydroxylation is 1. The molecule has 0 aliphatic carbocycles. The highest BCUT2D eigenvalue weighted by molar-refractivity contribution is 6.33. The first-order chi connectivity index (χ1) is 10.5. The maximum Gasteiger partial charge on any atom is 0.346 e. The van der Waals surface area contributed by atoms with Gasteiger partial charge in [0.2, 0.25) is 12.4 Å². The topological polar surface area (TPSA) is 65.6 Å². The van der Waals surface area contributed by atoms with Crippen molar-refractivity contribution in [3.63, 3.8) is 0 Å². The molecular formula is C15H12ClN3O3. The fourth-order valence-corrected chi connectivity index (χ4v) is 2.04. The van der Waals surface area contributed by atoms with Crippen molar-refractivity contribution in [1.29, 1.82) is 0 Å². The van der Waals surface area contributed by atoms with Gasteiger partial charge in [-0.3, -0.25) is 4.79 Å². The minimum atomic E-state index is -0.659. The van der Waals surface area contributed by atoms with Gasteiger partial charge in [-0.15, -0.1) is 5.10 Å². The fraction of sp³-hybridized carbons (Fsp3) is 0.200. The normalized spacial score (nSPS) is 10.0. The number of carbonyl (C=O) groups is 1. The first kappa shape index (κ1) is 15.7. The zero-order chi connectivity index (χ0) is 16.1. The molecule has 0 saturated heterocycles. The maximum absolute atomic E-state index is 12.1. The molecule has 2 aromatic rings. The number of benzene rings is 1. The second-order valence-corrected chi connectivity index (χ2v) is 4.89. The highest BCUT2D eigenvalue weighted by Crippen LogP contribution is 2.19. The lowest BCUT2D eigenvalue weighted by Gasteiger charge is -2.07. The number of rotatable bonds is 4. The molecule has 0 unspecified atom stereocenters. The van der Waals surface area contributed by atoms with E-state index in [4.69, 9.17) is 22.9 Å². The molecule has 22 heavy (non-hydrogen) atoms. The highest BCUT2D eigenvalue weighted by Gasteiger charge is 2.14.